The minimum absolute atomic E-state index is 0.116. The molecule has 38 heavy (non-hydrogen) atoms. The smallest absolute Gasteiger partial charge is 0.302 e. The molecule has 0 radical (unpaired) electrons. The topological polar surface area (TPSA) is 62.7 Å². The van der Waals surface area contributed by atoms with Crippen LogP contribution >= 0.6 is 15.9 Å². The minimum Gasteiger partial charge on any atom is -0.507 e. The Balaban J connectivity index is 1.53. The van der Waals surface area contributed by atoms with Crippen LogP contribution in [-0.2, 0) is 16.0 Å². The van der Waals surface area contributed by atoms with E-state index >= 15 is 0 Å². The minimum atomic E-state index is -0.309. The Bertz CT molecular complexity index is 1510. The first-order valence-corrected chi connectivity index (χ1v) is 13.9. The summed E-state index contributed by atoms with van der Waals surface area (Å²) in [5.74, 6) is -0.198. The number of hydrogen-bond acceptors (Lipinski definition) is 5. The number of fused-ring (bicyclic) bond motifs is 3. The summed E-state index contributed by atoms with van der Waals surface area (Å²) in [5, 5.41) is 11.2. The van der Waals surface area contributed by atoms with Crippen LogP contribution < -0.4 is 4.90 Å². The van der Waals surface area contributed by atoms with Crippen LogP contribution in [0.25, 0.3) is 33.5 Å². The van der Waals surface area contributed by atoms with E-state index in [9.17, 15) is 9.90 Å². The van der Waals surface area contributed by atoms with Gasteiger partial charge >= 0.3 is 5.97 Å². The van der Waals surface area contributed by atoms with Crippen LogP contribution in [0.5, 0.6) is 5.75 Å². The van der Waals surface area contributed by atoms with Gasteiger partial charge in [-0.2, -0.15) is 0 Å². The van der Waals surface area contributed by atoms with Gasteiger partial charge < -0.3 is 14.7 Å². The Morgan fingerprint density at radius 3 is 2.55 bits per heavy atom. The van der Waals surface area contributed by atoms with Crippen LogP contribution in [0.4, 0.5) is 5.69 Å². The van der Waals surface area contributed by atoms with Gasteiger partial charge in [-0.3, -0.25) is 9.78 Å². The molecule has 0 bridgehead atoms. The molecule has 2 heterocycles. The van der Waals surface area contributed by atoms with Crippen molar-refractivity contribution in [1.29, 1.82) is 0 Å². The lowest BCUT2D eigenvalue weighted by Gasteiger charge is -2.32. The summed E-state index contributed by atoms with van der Waals surface area (Å²) in [5.41, 5.74) is 9.19. The lowest BCUT2D eigenvalue weighted by molar-refractivity contribution is -0.141. The Kier molecular flexibility index (Phi) is 6.66. The number of benzene rings is 3. The van der Waals surface area contributed by atoms with Gasteiger partial charge in [0.25, 0.3) is 0 Å². The number of aromatic hydroxyl groups is 1. The molecular formula is C32H29BrN2O3. The predicted molar refractivity (Wildman–Crippen MR) is 154 cm³/mol. The molecule has 1 aromatic heterocycles. The molecule has 0 saturated carbocycles. The summed E-state index contributed by atoms with van der Waals surface area (Å²) in [7, 11) is 0. The zero-order valence-electron chi connectivity index (χ0n) is 21.3. The zero-order valence-corrected chi connectivity index (χ0v) is 22.9. The molecule has 1 aliphatic carbocycles. The number of hydrogen-bond donors (Lipinski definition) is 1. The molecule has 3 aromatic carbocycles. The van der Waals surface area contributed by atoms with Gasteiger partial charge in [0.05, 0.1) is 12.3 Å². The van der Waals surface area contributed by atoms with Crippen molar-refractivity contribution in [2.75, 3.05) is 24.6 Å². The Morgan fingerprint density at radius 2 is 1.79 bits per heavy atom. The van der Waals surface area contributed by atoms with Crippen LogP contribution in [0.3, 0.4) is 0 Å². The van der Waals surface area contributed by atoms with Crippen molar-refractivity contribution < 1.29 is 14.6 Å². The number of nitrogens with zero attached hydrogens (tertiary/aromatic N) is 2. The van der Waals surface area contributed by atoms with E-state index < -0.39 is 0 Å². The molecule has 1 unspecified atom stereocenters. The number of ether oxygens (including phenoxy) is 1. The standard InChI is InChI=1S/C32H29BrN2O3/c1-20(36)38-19-22-17-28-26(29-18-24(13-14-34-29)35-15-2-3-16-35)5-4-6-27(28)32-30(37)12-11-25(31(22)32)21-7-9-23(33)10-8-21/h4-14,18,22,37H,2-3,15-17,19H2,1H3. The van der Waals surface area contributed by atoms with E-state index in [-0.39, 0.29) is 24.2 Å². The molecule has 1 saturated heterocycles. The van der Waals surface area contributed by atoms with Gasteiger partial charge in [0.2, 0.25) is 0 Å². The summed E-state index contributed by atoms with van der Waals surface area (Å²) >= 11 is 3.53. The number of aromatic nitrogens is 1. The summed E-state index contributed by atoms with van der Waals surface area (Å²) in [4.78, 5) is 19.0. The van der Waals surface area contributed by atoms with E-state index in [1.54, 1.807) is 6.07 Å². The van der Waals surface area contributed by atoms with Crippen molar-refractivity contribution in [1.82, 2.24) is 4.98 Å². The average molecular weight is 569 g/mol. The van der Waals surface area contributed by atoms with E-state index in [1.807, 2.05) is 30.5 Å². The molecule has 192 valence electrons. The lowest BCUT2D eigenvalue weighted by atomic mass is 9.74. The van der Waals surface area contributed by atoms with Crippen molar-refractivity contribution in [2.45, 2.75) is 32.1 Å². The van der Waals surface area contributed by atoms with Crippen molar-refractivity contribution in [2.24, 2.45) is 0 Å². The summed E-state index contributed by atoms with van der Waals surface area (Å²) in [6.45, 7) is 3.82. The highest BCUT2D eigenvalue weighted by Gasteiger charge is 2.32. The molecule has 2 aliphatic rings. The van der Waals surface area contributed by atoms with Crippen molar-refractivity contribution in [3.63, 3.8) is 0 Å². The summed E-state index contributed by atoms with van der Waals surface area (Å²) in [6, 6.07) is 22.4. The molecule has 0 spiro atoms. The molecule has 0 amide bonds. The maximum absolute atomic E-state index is 11.9. The van der Waals surface area contributed by atoms with E-state index in [2.05, 4.69) is 57.2 Å². The maximum atomic E-state index is 11.9. The first-order valence-electron chi connectivity index (χ1n) is 13.1. The van der Waals surface area contributed by atoms with Gasteiger partial charge in [0.1, 0.15) is 5.75 Å². The Hall–Kier alpha value is -3.64. The van der Waals surface area contributed by atoms with Gasteiger partial charge in [-0.1, -0.05) is 52.3 Å². The van der Waals surface area contributed by atoms with Crippen molar-refractivity contribution in [3.05, 3.63) is 88.5 Å². The molecular weight excluding hydrogens is 540 g/mol. The van der Waals surface area contributed by atoms with Gasteiger partial charge in [-0.05, 0) is 77.4 Å². The van der Waals surface area contributed by atoms with Crippen LogP contribution in [0, 0.1) is 0 Å². The molecule has 1 aliphatic heterocycles. The third-order valence-electron chi connectivity index (χ3n) is 7.66. The van der Waals surface area contributed by atoms with Crippen molar-refractivity contribution >= 4 is 27.6 Å². The lowest BCUT2D eigenvalue weighted by Crippen LogP contribution is -2.20. The number of rotatable bonds is 5. The second kappa shape index (κ2) is 10.3. The summed E-state index contributed by atoms with van der Waals surface area (Å²) in [6.07, 6.45) is 4.99. The highest BCUT2D eigenvalue weighted by molar-refractivity contribution is 9.10. The monoisotopic (exact) mass is 568 g/mol. The second-order valence-corrected chi connectivity index (χ2v) is 11.0. The molecule has 1 N–H and O–H groups in total. The average Bonchev–Trinajstić information content (AvgIpc) is 3.47. The molecule has 4 aromatic rings. The number of esters is 1. The molecule has 6 heteroatoms. The fraction of sp³-hybridized carbons (Fsp3) is 0.250. The first-order chi connectivity index (χ1) is 18.5. The van der Waals surface area contributed by atoms with Gasteiger partial charge in [0, 0.05) is 53.4 Å². The maximum Gasteiger partial charge on any atom is 0.302 e. The molecule has 5 nitrogen and oxygen atoms in total. The highest BCUT2D eigenvalue weighted by atomic mass is 79.9. The van der Waals surface area contributed by atoms with Gasteiger partial charge in [-0.15, -0.1) is 0 Å². The number of phenols is 1. The third-order valence-corrected chi connectivity index (χ3v) is 8.19. The number of pyridine rings is 1. The number of carbonyl (C=O) groups is 1. The molecule has 1 atom stereocenters. The number of halogens is 1. The number of anilines is 1. The number of phenolic OH excluding ortho intramolecular Hbond substituents is 1. The van der Waals surface area contributed by atoms with Gasteiger partial charge in [-0.25, -0.2) is 0 Å². The van der Waals surface area contributed by atoms with Crippen LogP contribution in [-0.4, -0.2) is 35.8 Å². The second-order valence-electron chi connectivity index (χ2n) is 10.1. The fourth-order valence-corrected chi connectivity index (χ4v) is 6.19. The normalized spacial score (nSPS) is 16.2. The predicted octanol–water partition coefficient (Wildman–Crippen LogP) is 7.35. The third kappa shape index (κ3) is 4.58. The Morgan fingerprint density at radius 1 is 1.03 bits per heavy atom. The van der Waals surface area contributed by atoms with Crippen LogP contribution in [0.15, 0.2) is 77.4 Å². The van der Waals surface area contributed by atoms with E-state index in [1.165, 1.54) is 25.5 Å². The van der Waals surface area contributed by atoms with E-state index in [0.29, 0.717) is 6.42 Å². The first kappa shape index (κ1) is 24.7. The van der Waals surface area contributed by atoms with Crippen molar-refractivity contribution in [3.8, 4) is 39.3 Å². The summed E-state index contributed by atoms with van der Waals surface area (Å²) < 4.78 is 6.59. The Labute approximate surface area is 231 Å². The SMILES string of the molecule is CC(=O)OCC1Cc2c(-c3cc(N4CCCC4)ccn3)cccc2-c2c(O)ccc(-c3ccc(Br)cc3)c21. The van der Waals surface area contributed by atoms with Crippen LogP contribution in [0.1, 0.15) is 36.8 Å². The highest BCUT2D eigenvalue weighted by Crippen LogP contribution is 2.50. The fourth-order valence-electron chi connectivity index (χ4n) is 5.92. The van der Waals surface area contributed by atoms with Gasteiger partial charge in [0.15, 0.2) is 0 Å². The van der Waals surface area contributed by atoms with Crippen LogP contribution in [0.2, 0.25) is 0 Å². The van der Waals surface area contributed by atoms with E-state index in [0.717, 1.165) is 62.2 Å². The van der Waals surface area contributed by atoms with E-state index in [4.69, 9.17) is 9.72 Å². The molecule has 1 fully saturated rings. The largest absolute Gasteiger partial charge is 0.507 e. The quantitative estimate of drug-likeness (QED) is 0.255. The zero-order chi connectivity index (χ0) is 26.2. The molecule has 6 rings (SSSR count). The number of carbonyl (C=O) groups excluding carboxylic acids is 1.